The average molecular weight is 158 g/mol. The molecule has 0 saturated carbocycles. The van der Waals surface area contributed by atoms with Crippen LogP contribution in [0.25, 0.3) is 0 Å². The fraction of sp³-hybridized carbons (Fsp3) is 0.857. The summed E-state index contributed by atoms with van der Waals surface area (Å²) in [6, 6.07) is -0.144. The third kappa shape index (κ3) is 1.70. The molecule has 0 spiro atoms. The molecule has 1 heterocycles. The highest BCUT2D eigenvalue weighted by molar-refractivity contribution is 5.81. The van der Waals surface area contributed by atoms with Crippen molar-refractivity contribution in [1.29, 1.82) is 0 Å². The van der Waals surface area contributed by atoms with E-state index in [-0.39, 0.29) is 18.1 Å². The molecule has 64 valence electrons. The van der Waals surface area contributed by atoms with Crippen LogP contribution in [0.15, 0.2) is 0 Å². The van der Waals surface area contributed by atoms with Crippen LogP contribution in [0.3, 0.4) is 0 Å². The van der Waals surface area contributed by atoms with Gasteiger partial charge in [0.05, 0.1) is 12.1 Å². The lowest BCUT2D eigenvalue weighted by Gasteiger charge is -2.16. The fourth-order valence-electron chi connectivity index (χ4n) is 1.45. The van der Waals surface area contributed by atoms with Gasteiger partial charge in [0.25, 0.3) is 0 Å². The first-order chi connectivity index (χ1) is 5.15. The third-order valence-corrected chi connectivity index (χ3v) is 2.08. The Balaban J connectivity index is 2.52. The number of likely N-dealkylation sites (N-methyl/N-ethyl adjacent to an activating group) is 2. The first-order valence-corrected chi connectivity index (χ1v) is 3.75. The van der Waals surface area contributed by atoms with Crippen LogP contribution in [0.4, 0.5) is 0 Å². The normalized spacial score (nSPS) is 32.3. The summed E-state index contributed by atoms with van der Waals surface area (Å²) in [4.78, 5) is 13.0. The first-order valence-electron chi connectivity index (χ1n) is 3.75. The van der Waals surface area contributed by atoms with Crippen LogP contribution in [0.1, 0.15) is 6.42 Å². The first kappa shape index (κ1) is 8.49. The van der Waals surface area contributed by atoms with Crippen LogP contribution in [0.2, 0.25) is 0 Å². The molecular weight excluding hydrogens is 144 g/mol. The zero-order chi connectivity index (χ0) is 8.43. The molecule has 0 aliphatic carbocycles. The minimum Gasteiger partial charge on any atom is -0.392 e. The number of carbonyl (C=O) groups is 1. The number of hydrogen-bond acceptors (Lipinski definition) is 3. The van der Waals surface area contributed by atoms with E-state index in [1.165, 1.54) is 0 Å². The zero-order valence-corrected chi connectivity index (χ0v) is 6.87. The van der Waals surface area contributed by atoms with Crippen molar-refractivity contribution >= 4 is 5.91 Å². The van der Waals surface area contributed by atoms with Gasteiger partial charge in [-0.15, -0.1) is 0 Å². The molecule has 0 bridgehead atoms. The van der Waals surface area contributed by atoms with Gasteiger partial charge in [0, 0.05) is 13.6 Å². The molecule has 1 aliphatic heterocycles. The molecule has 0 aromatic heterocycles. The zero-order valence-electron chi connectivity index (χ0n) is 6.87. The summed E-state index contributed by atoms with van der Waals surface area (Å²) in [6.45, 7) is 0.595. The summed E-state index contributed by atoms with van der Waals surface area (Å²) in [7, 11) is 3.46. The maximum Gasteiger partial charge on any atom is 0.237 e. The maximum atomic E-state index is 11.1. The Morgan fingerprint density at radius 2 is 2.36 bits per heavy atom. The second-order valence-electron chi connectivity index (χ2n) is 2.96. The second kappa shape index (κ2) is 3.19. The van der Waals surface area contributed by atoms with E-state index >= 15 is 0 Å². The number of β-amino-alcohol motifs (C(OH)–C–C–N with tert-alkyl or cyclic N) is 1. The van der Waals surface area contributed by atoms with E-state index < -0.39 is 0 Å². The molecule has 0 aromatic carbocycles. The SMILES string of the molecule is CNC(=O)[C@@H]1CC(O)CN1C. The van der Waals surface area contributed by atoms with Crippen LogP contribution in [0.5, 0.6) is 0 Å². The molecule has 4 heteroatoms. The maximum absolute atomic E-state index is 11.1. The molecule has 0 aromatic rings. The lowest BCUT2D eigenvalue weighted by atomic mass is 10.2. The Labute approximate surface area is 66.2 Å². The van der Waals surface area contributed by atoms with Gasteiger partial charge in [0.2, 0.25) is 5.91 Å². The fourth-order valence-corrected chi connectivity index (χ4v) is 1.45. The number of likely N-dealkylation sites (tertiary alicyclic amines) is 1. The molecule has 2 atom stereocenters. The Morgan fingerprint density at radius 3 is 2.73 bits per heavy atom. The van der Waals surface area contributed by atoms with Crippen molar-refractivity contribution in [3.63, 3.8) is 0 Å². The molecule has 2 N–H and O–H groups in total. The lowest BCUT2D eigenvalue weighted by molar-refractivity contribution is -0.124. The molecule has 1 rings (SSSR count). The molecule has 1 amide bonds. The number of aliphatic hydroxyl groups is 1. The van der Waals surface area contributed by atoms with Crippen molar-refractivity contribution in [3.8, 4) is 0 Å². The molecule has 4 nitrogen and oxygen atoms in total. The standard InChI is InChI=1S/C7H14N2O2/c1-8-7(11)6-3-5(10)4-9(6)2/h5-6,10H,3-4H2,1-2H3,(H,8,11)/t5?,6-/m0/s1. The predicted octanol–water partition coefficient (Wildman–Crippen LogP) is -1.20. The molecule has 1 saturated heterocycles. The number of aliphatic hydroxyl groups excluding tert-OH is 1. The monoisotopic (exact) mass is 158 g/mol. The largest absolute Gasteiger partial charge is 0.392 e. The Hall–Kier alpha value is -0.610. The van der Waals surface area contributed by atoms with Crippen LogP contribution in [-0.2, 0) is 4.79 Å². The van der Waals surface area contributed by atoms with Crippen molar-refractivity contribution in [2.45, 2.75) is 18.6 Å². The number of nitrogens with zero attached hydrogens (tertiary/aromatic N) is 1. The van der Waals surface area contributed by atoms with Crippen LogP contribution < -0.4 is 5.32 Å². The number of amides is 1. The van der Waals surface area contributed by atoms with Crippen LogP contribution >= 0.6 is 0 Å². The molecule has 11 heavy (non-hydrogen) atoms. The summed E-state index contributed by atoms with van der Waals surface area (Å²) in [5.74, 6) is -0.0101. The number of hydrogen-bond donors (Lipinski definition) is 2. The number of carbonyl (C=O) groups excluding carboxylic acids is 1. The Morgan fingerprint density at radius 1 is 1.73 bits per heavy atom. The van der Waals surface area contributed by atoms with E-state index in [0.29, 0.717) is 13.0 Å². The minimum atomic E-state index is -0.345. The lowest BCUT2D eigenvalue weighted by Crippen LogP contribution is -2.39. The molecule has 1 aliphatic rings. The number of rotatable bonds is 1. The Bertz CT molecular complexity index is 161. The summed E-state index contributed by atoms with van der Waals surface area (Å²) in [5, 5.41) is 11.8. The Kier molecular flexibility index (Phi) is 2.46. The second-order valence-corrected chi connectivity index (χ2v) is 2.96. The summed E-state index contributed by atoms with van der Waals surface area (Å²) >= 11 is 0. The molecular formula is C7H14N2O2. The van der Waals surface area contributed by atoms with Gasteiger partial charge in [-0.25, -0.2) is 0 Å². The smallest absolute Gasteiger partial charge is 0.237 e. The van der Waals surface area contributed by atoms with E-state index in [9.17, 15) is 9.90 Å². The number of nitrogens with one attached hydrogen (secondary N) is 1. The van der Waals surface area contributed by atoms with Crippen molar-refractivity contribution in [2.24, 2.45) is 0 Å². The van der Waals surface area contributed by atoms with Gasteiger partial charge in [0.15, 0.2) is 0 Å². The third-order valence-electron chi connectivity index (χ3n) is 2.08. The van der Waals surface area contributed by atoms with Crippen molar-refractivity contribution in [2.75, 3.05) is 20.6 Å². The van der Waals surface area contributed by atoms with Crippen LogP contribution in [-0.4, -0.2) is 48.7 Å². The van der Waals surface area contributed by atoms with Crippen LogP contribution in [0, 0.1) is 0 Å². The van der Waals surface area contributed by atoms with Gasteiger partial charge >= 0.3 is 0 Å². The van der Waals surface area contributed by atoms with Crippen molar-refractivity contribution in [1.82, 2.24) is 10.2 Å². The summed E-state index contributed by atoms with van der Waals surface area (Å²) in [6.07, 6.45) is 0.207. The predicted molar refractivity (Wildman–Crippen MR) is 41.1 cm³/mol. The minimum absolute atomic E-state index is 0.0101. The van der Waals surface area contributed by atoms with Gasteiger partial charge in [-0.05, 0) is 13.5 Å². The van der Waals surface area contributed by atoms with E-state index in [0.717, 1.165) is 0 Å². The highest BCUT2D eigenvalue weighted by Gasteiger charge is 2.32. The summed E-state index contributed by atoms with van der Waals surface area (Å²) in [5.41, 5.74) is 0. The van der Waals surface area contributed by atoms with Gasteiger partial charge in [-0.1, -0.05) is 0 Å². The average Bonchev–Trinajstić information content (AvgIpc) is 2.28. The van der Waals surface area contributed by atoms with Crippen molar-refractivity contribution in [3.05, 3.63) is 0 Å². The van der Waals surface area contributed by atoms with Gasteiger partial charge in [-0.2, -0.15) is 0 Å². The van der Waals surface area contributed by atoms with Gasteiger partial charge in [0.1, 0.15) is 0 Å². The highest BCUT2D eigenvalue weighted by atomic mass is 16.3. The molecule has 0 radical (unpaired) electrons. The van der Waals surface area contributed by atoms with Gasteiger partial charge < -0.3 is 10.4 Å². The van der Waals surface area contributed by atoms with Gasteiger partial charge in [-0.3, -0.25) is 9.69 Å². The topological polar surface area (TPSA) is 52.6 Å². The quantitative estimate of drug-likeness (QED) is 0.504. The van der Waals surface area contributed by atoms with E-state index in [2.05, 4.69) is 5.32 Å². The molecule has 1 fully saturated rings. The van der Waals surface area contributed by atoms with E-state index in [1.54, 1.807) is 7.05 Å². The summed E-state index contributed by atoms with van der Waals surface area (Å²) < 4.78 is 0. The van der Waals surface area contributed by atoms with Crippen molar-refractivity contribution < 1.29 is 9.90 Å². The van der Waals surface area contributed by atoms with E-state index in [4.69, 9.17) is 0 Å². The highest BCUT2D eigenvalue weighted by Crippen LogP contribution is 2.14. The van der Waals surface area contributed by atoms with E-state index in [1.807, 2.05) is 11.9 Å². The molecule has 1 unspecified atom stereocenters.